The molecule has 2 aliphatic heterocycles. The van der Waals surface area contributed by atoms with Crippen LogP contribution in [-0.2, 0) is 9.59 Å². The van der Waals surface area contributed by atoms with Gasteiger partial charge in [-0.2, -0.15) is 0 Å². The standard InChI is InChI=1S/C13H24N4O3/c1-15(2)12(19)9-16-3-5-17(6-4-16)13(20)11-7-10(18)8-14-11/h10-11,14,18H,3-9H2,1-2H3. The predicted molar refractivity (Wildman–Crippen MR) is 74.1 cm³/mol. The van der Waals surface area contributed by atoms with Crippen molar-refractivity contribution in [3.63, 3.8) is 0 Å². The molecule has 20 heavy (non-hydrogen) atoms. The van der Waals surface area contributed by atoms with Gasteiger partial charge in [0.15, 0.2) is 0 Å². The molecule has 0 aromatic heterocycles. The van der Waals surface area contributed by atoms with Crippen molar-refractivity contribution >= 4 is 11.8 Å². The lowest BCUT2D eigenvalue weighted by Gasteiger charge is -2.35. The lowest BCUT2D eigenvalue weighted by Crippen LogP contribution is -2.54. The molecular formula is C13H24N4O3. The molecule has 0 spiro atoms. The Bertz CT molecular complexity index is 367. The molecule has 2 saturated heterocycles. The third kappa shape index (κ3) is 3.68. The number of likely N-dealkylation sites (N-methyl/N-ethyl adjacent to an activating group) is 1. The fourth-order valence-electron chi connectivity index (χ4n) is 2.58. The van der Waals surface area contributed by atoms with Gasteiger partial charge in [-0.05, 0) is 6.42 Å². The van der Waals surface area contributed by atoms with E-state index in [2.05, 4.69) is 10.2 Å². The zero-order chi connectivity index (χ0) is 14.7. The van der Waals surface area contributed by atoms with Gasteiger partial charge in [0.1, 0.15) is 0 Å². The molecule has 2 rings (SSSR count). The second-order valence-electron chi connectivity index (χ2n) is 5.74. The van der Waals surface area contributed by atoms with Crippen LogP contribution < -0.4 is 5.32 Å². The largest absolute Gasteiger partial charge is 0.392 e. The maximum atomic E-state index is 12.2. The number of aliphatic hydroxyl groups excluding tert-OH is 1. The maximum Gasteiger partial charge on any atom is 0.239 e. The van der Waals surface area contributed by atoms with E-state index in [1.165, 1.54) is 0 Å². The van der Waals surface area contributed by atoms with Gasteiger partial charge in [-0.25, -0.2) is 0 Å². The number of hydrogen-bond donors (Lipinski definition) is 2. The molecule has 2 N–H and O–H groups in total. The first kappa shape index (κ1) is 15.2. The maximum absolute atomic E-state index is 12.2. The number of hydrogen-bond acceptors (Lipinski definition) is 5. The van der Waals surface area contributed by atoms with Crippen LogP contribution in [0.15, 0.2) is 0 Å². The zero-order valence-electron chi connectivity index (χ0n) is 12.2. The Balaban J connectivity index is 1.76. The van der Waals surface area contributed by atoms with Crippen LogP contribution in [-0.4, -0.2) is 97.1 Å². The summed E-state index contributed by atoms with van der Waals surface area (Å²) in [7, 11) is 3.50. The van der Waals surface area contributed by atoms with E-state index in [4.69, 9.17) is 0 Å². The third-order valence-electron chi connectivity index (χ3n) is 3.95. The number of nitrogens with zero attached hydrogens (tertiary/aromatic N) is 3. The Labute approximate surface area is 119 Å². The summed E-state index contributed by atoms with van der Waals surface area (Å²) in [4.78, 5) is 29.4. The summed E-state index contributed by atoms with van der Waals surface area (Å²) in [6, 6.07) is -0.250. The number of carbonyl (C=O) groups is 2. The van der Waals surface area contributed by atoms with Gasteiger partial charge in [0.05, 0.1) is 18.7 Å². The molecule has 2 unspecified atom stereocenters. The number of nitrogens with one attached hydrogen (secondary N) is 1. The van der Waals surface area contributed by atoms with Crippen LogP contribution in [0.3, 0.4) is 0 Å². The van der Waals surface area contributed by atoms with Crippen LogP contribution in [0.25, 0.3) is 0 Å². The molecule has 7 nitrogen and oxygen atoms in total. The Morgan fingerprint density at radius 3 is 2.40 bits per heavy atom. The van der Waals surface area contributed by atoms with Gasteiger partial charge < -0.3 is 20.2 Å². The highest BCUT2D eigenvalue weighted by atomic mass is 16.3. The normalized spacial score (nSPS) is 27.6. The van der Waals surface area contributed by atoms with Gasteiger partial charge in [-0.15, -0.1) is 0 Å². The molecule has 7 heteroatoms. The summed E-state index contributed by atoms with van der Waals surface area (Å²) >= 11 is 0. The molecule has 0 aliphatic carbocycles. The summed E-state index contributed by atoms with van der Waals surface area (Å²) in [5.74, 6) is 0.158. The average Bonchev–Trinajstić information content (AvgIpc) is 2.85. The van der Waals surface area contributed by atoms with Gasteiger partial charge in [-0.1, -0.05) is 0 Å². The zero-order valence-corrected chi connectivity index (χ0v) is 12.2. The van der Waals surface area contributed by atoms with E-state index in [0.717, 1.165) is 13.1 Å². The van der Waals surface area contributed by atoms with Crippen LogP contribution in [0.4, 0.5) is 0 Å². The molecule has 2 aliphatic rings. The van der Waals surface area contributed by atoms with E-state index in [9.17, 15) is 14.7 Å². The van der Waals surface area contributed by atoms with E-state index in [-0.39, 0.29) is 17.9 Å². The lowest BCUT2D eigenvalue weighted by molar-refractivity contribution is -0.135. The second-order valence-corrected chi connectivity index (χ2v) is 5.74. The third-order valence-corrected chi connectivity index (χ3v) is 3.95. The molecular weight excluding hydrogens is 260 g/mol. The first-order chi connectivity index (χ1) is 9.47. The van der Waals surface area contributed by atoms with Crippen LogP contribution in [0.5, 0.6) is 0 Å². The highest BCUT2D eigenvalue weighted by molar-refractivity contribution is 5.82. The minimum atomic E-state index is -0.414. The second kappa shape index (κ2) is 6.51. The van der Waals surface area contributed by atoms with Crippen LogP contribution >= 0.6 is 0 Å². The Morgan fingerprint density at radius 2 is 1.90 bits per heavy atom. The van der Waals surface area contributed by atoms with Gasteiger partial charge >= 0.3 is 0 Å². The number of amides is 2. The first-order valence-corrected chi connectivity index (χ1v) is 7.10. The van der Waals surface area contributed by atoms with Gasteiger partial charge in [0.2, 0.25) is 11.8 Å². The van der Waals surface area contributed by atoms with E-state index >= 15 is 0 Å². The molecule has 0 aromatic carbocycles. The average molecular weight is 284 g/mol. The van der Waals surface area contributed by atoms with E-state index in [0.29, 0.717) is 32.6 Å². The van der Waals surface area contributed by atoms with Crippen LogP contribution in [0, 0.1) is 0 Å². The van der Waals surface area contributed by atoms with Crippen molar-refractivity contribution in [1.29, 1.82) is 0 Å². The first-order valence-electron chi connectivity index (χ1n) is 7.10. The number of carbonyl (C=O) groups excluding carboxylic acids is 2. The molecule has 2 amide bonds. The number of piperazine rings is 1. The fraction of sp³-hybridized carbons (Fsp3) is 0.846. The topological polar surface area (TPSA) is 76.1 Å². The van der Waals surface area contributed by atoms with Crippen molar-refractivity contribution < 1.29 is 14.7 Å². The van der Waals surface area contributed by atoms with Crippen molar-refractivity contribution in [2.75, 3.05) is 53.4 Å². The van der Waals surface area contributed by atoms with Crippen molar-refractivity contribution in [3.8, 4) is 0 Å². The van der Waals surface area contributed by atoms with E-state index in [1.807, 2.05) is 4.90 Å². The van der Waals surface area contributed by atoms with E-state index < -0.39 is 6.10 Å². The minimum absolute atomic E-state index is 0.0696. The quantitative estimate of drug-likeness (QED) is 0.623. The van der Waals surface area contributed by atoms with Gasteiger partial charge in [-0.3, -0.25) is 14.5 Å². The van der Waals surface area contributed by atoms with Crippen LogP contribution in [0.1, 0.15) is 6.42 Å². The molecule has 2 fully saturated rings. The van der Waals surface area contributed by atoms with Gasteiger partial charge in [0, 0.05) is 46.8 Å². The molecule has 0 saturated carbocycles. The smallest absolute Gasteiger partial charge is 0.239 e. The predicted octanol–water partition coefficient (Wildman–Crippen LogP) is -2.06. The Morgan fingerprint density at radius 1 is 1.25 bits per heavy atom. The summed E-state index contributed by atoms with van der Waals surface area (Å²) < 4.78 is 0. The highest BCUT2D eigenvalue weighted by Gasteiger charge is 2.32. The molecule has 114 valence electrons. The molecule has 0 radical (unpaired) electrons. The highest BCUT2D eigenvalue weighted by Crippen LogP contribution is 2.11. The summed E-state index contributed by atoms with van der Waals surface area (Å²) in [5.41, 5.74) is 0. The summed E-state index contributed by atoms with van der Waals surface area (Å²) in [5, 5.41) is 12.5. The summed E-state index contributed by atoms with van der Waals surface area (Å²) in [6.07, 6.45) is 0.0842. The van der Waals surface area contributed by atoms with Gasteiger partial charge in [0.25, 0.3) is 0 Å². The number of rotatable bonds is 3. The molecule has 2 atom stereocenters. The van der Waals surface area contributed by atoms with Crippen molar-refractivity contribution in [2.45, 2.75) is 18.6 Å². The Hall–Kier alpha value is -1.18. The monoisotopic (exact) mass is 284 g/mol. The number of aliphatic hydroxyl groups is 1. The molecule has 0 bridgehead atoms. The summed E-state index contributed by atoms with van der Waals surface area (Å²) in [6.45, 7) is 3.64. The van der Waals surface area contributed by atoms with E-state index in [1.54, 1.807) is 19.0 Å². The van der Waals surface area contributed by atoms with Crippen molar-refractivity contribution in [3.05, 3.63) is 0 Å². The number of β-amino-alcohol motifs (C(OH)–C–C–N with tert-alkyl or cyclic N) is 1. The van der Waals surface area contributed by atoms with Crippen molar-refractivity contribution in [1.82, 2.24) is 20.0 Å². The van der Waals surface area contributed by atoms with Crippen molar-refractivity contribution in [2.24, 2.45) is 0 Å². The fourth-order valence-corrected chi connectivity index (χ4v) is 2.58. The van der Waals surface area contributed by atoms with Crippen LogP contribution in [0.2, 0.25) is 0 Å². The molecule has 0 aromatic rings. The Kier molecular flexibility index (Phi) is 4.95. The SMILES string of the molecule is CN(C)C(=O)CN1CCN(C(=O)C2CC(O)CN2)CC1. The lowest BCUT2D eigenvalue weighted by atomic mass is 10.1. The minimum Gasteiger partial charge on any atom is -0.392 e. The molecule has 2 heterocycles.